The number of carbonyl (C=O) groups excluding carboxylic acids is 2. The molecule has 2 rings (SSSR count). The molecule has 5 nitrogen and oxygen atoms in total. The number of piperazine rings is 1. The molecule has 0 spiro atoms. The molecule has 5 heteroatoms. The van der Waals surface area contributed by atoms with Gasteiger partial charge in [0.2, 0.25) is 11.8 Å². The second-order valence-corrected chi connectivity index (χ2v) is 5.87. The van der Waals surface area contributed by atoms with Crippen LogP contribution in [0.25, 0.3) is 0 Å². The summed E-state index contributed by atoms with van der Waals surface area (Å²) in [4.78, 5) is 25.7. The highest BCUT2D eigenvalue weighted by molar-refractivity contribution is 5.94. The van der Waals surface area contributed by atoms with Gasteiger partial charge in [-0.2, -0.15) is 0 Å². The van der Waals surface area contributed by atoms with E-state index in [-0.39, 0.29) is 30.5 Å². The van der Waals surface area contributed by atoms with E-state index in [1.165, 1.54) is 0 Å². The molecule has 0 aromatic carbocycles. The van der Waals surface area contributed by atoms with E-state index in [1.54, 1.807) is 4.90 Å². The molecule has 19 heavy (non-hydrogen) atoms. The molecule has 2 atom stereocenters. The molecule has 2 saturated heterocycles. The molecular formula is C14H24N2O3. The van der Waals surface area contributed by atoms with Crippen LogP contribution in [-0.2, 0) is 14.3 Å². The number of carbonyl (C=O) groups is 2. The largest absolute Gasteiger partial charge is 0.378 e. The second-order valence-electron chi connectivity index (χ2n) is 5.87. The molecule has 2 fully saturated rings. The van der Waals surface area contributed by atoms with Gasteiger partial charge in [0.25, 0.3) is 0 Å². The SMILES string of the molecule is CC(C)CC1C(=O)NCC(=O)N1CCC1CCCO1. The quantitative estimate of drug-likeness (QED) is 0.807. The van der Waals surface area contributed by atoms with E-state index < -0.39 is 0 Å². The monoisotopic (exact) mass is 268 g/mol. The van der Waals surface area contributed by atoms with Gasteiger partial charge >= 0.3 is 0 Å². The fourth-order valence-electron chi connectivity index (χ4n) is 2.81. The first kappa shape index (κ1) is 14.3. The summed E-state index contributed by atoms with van der Waals surface area (Å²) < 4.78 is 5.58. The third-order valence-electron chi connectivity index (χ3n) is 3.82. The van der Waals surface area contributed by atoms with Crippen molar-refractivity contribution in [2.24, 2.45) is 5.92 Å². The van der Waals surface area contributed by atoms with Crippen molar-refractivity contribution in [1.29, 1.82) is 0 Å². The van der Waals surface area contributed by atoms with Crippen LogP contribution in [0.2, 0.25) is 0 Å². The number of hydrogen-bond donors (Lipinski definition) is 1. The smallest absolute Gasteiger partial charge is 0.243 e. The summed E-state index contributed by atoms with van der Waals surface area (Å²) in [5, 5.41) is 2.68. The van der Waals surface area contributed by atoms with E-state index >= 15 is 0 Å². The lowest BCUT2D eigenvalue weighted by molar-refractivity contribution is -0.146. The third-order valence-corrected chi connectivity index (χ3v) is 3.82. The van der Waals surface area contributed by atoms with Gasteiger partial charge in [-0.25, -0.2) is 0 Å². The minimum Gasteiger partial charge on any atom is -0.378 e. The molecule has 0 bridgehead atoms. The number of ether oxygens (including phenoxy) is 1. The molecule has 2 aliphatic heterocycles. The van der Waals surface area contributed by atoms with Crippen molar-refractivity contribution in [3.63, 3.8) is 0 Å². The zero-order valence-electron chi connectivity index (χ0n) is 11.9. The van der Waals surface area contributed by atoms with Crippen LogP contribution in [0.15, 0.2) is 0 Å². The number of nitrogens with one attached hydrogen (secondary N) is 1. The molecular weight excluding hydrogens is 244 g/mol. The molecule has 108 valence electrons. The molecule has 0 aromatic rings. The fraction of sp³-hybridized carbons (Fsp3) is 0.857. The number of rotatable bonds is 5. The summed E-state index contributed by atoms with van der Waals surface area (Å²) in [6.45, 7) is 5.75. The van der Waals surface area contributed by atoms with Gasteiger partial charge in [-0.1, -0.05) is 13.8 Å². The van der Waals surface area contributed by atoms with Crippen LogP contribution in [0.5, 0.6) is 0 Å². The topological polar surface area (TPSA) is 58.6 Å². The van der Waals surface area contributed by atoms with E-state index in [4.69, 9.17) is 4.74 Å². The van der Waals surface area contributed by atoms with Crippen molar-refractivity contribution in [2.75, 3.05) is 19.7 Å². The van der Waals surface area contributed by atoms with Gasteiger partial charge in [0.1, 0.15) is 6.04 Å². The minimum absolute atomic E-state index is 0.0133. The first-order chi connectivity index (χ1) is 9.08. The molecule has 2 aliphatic rings. The van der Waals surface area contributed by atoms with Gasteiger partial charge in [0, 0.05) is 13.2 Å². The van der Waals surface area contributed by atoms with Crippen molar-refractivity contribution in [3.8, 4) is 0 Å². The fourth-order valence-corrected chi connectivity index (χ4v) is 2.81. The summed E-state index contributed by atoms with van der Waals surface area (Å²) in [6.07, 6.45) is 4.01. The van der Waals surface area contributed by atoms with Gasteiger partial charge in [-0.15, -0.1) is 0 Å². The average Bonchev–Trinajstić information content (AvgIpc) is 2.86. The van der Waals surface area contributed by atoms with Crippen LogP contribution in [0.4, 0.5) is 0 Å². The standard InChI is InChI=1S/C14H24N2O3/c1-10(2)8-12-14(18)15-9-13(17)16(12)6-5-11-4-3-7-19-11/h10-12H,3-9H2,1-2H3,(H,15,18). The highest BCUT2D eigenvalue weighted by atomic mass is 16.5. The van der Waals surface area contributed by atoms with Crippen LogP contribution in [0.3, 0.4) is 0 Å². The Morgan fingerprint density at radius 3 is 2.84 bits per heavy atom. The normalized spacial score (nSPS) is 28.1. The Balaban J connectivity index is 1.94. The Morgan fingerprint density at radius 1 is 1.42 bits per heavy atom. The zero-order valence-corrected chi connectivity index (χ0v) is 11.9. The lowest BCUT2D eigenvalue weighted by Gasteiger charge is -2.36. The van der Waals surface area contributed by atoms with E-state index in [0.717, 1.165) is 32.3 Å². The summed E-state index contributed by atoms with van der Waals surface area (Å²) in [7, 11) is 0. The van der Waals surface area contributed by atoms with E-state index in [2.05, 4.69) is 19.2 Å². The van der Waals surface area contributed by atoms with Crippen LogP contribution in [0, 0.1) is 5.92 Å². The second kappa shape index (κ2) is 6.37. The van der Waals surface area contributed by atoms with Crippen molar-refractivity contribution >= 4 is 11.8 Å². The van der Waals surface area contributed by atoms with Gasteiger partial charge in [0.05, 0.1) is 12.6 Å². The number of hydrogen-bond acceptors (Lipinski definition) is 3. The third kappa shape index (κ3) is 3.69. The molecule has 2 unspecified atom stereocenters. The van der Waals surface area contributed by atoms with Crippen LogP contribution >= 0.6 is 0 Å². The van der Waals surface area contributed by atoms with Crippen LogP contribution in [-0.4, -0.2) is 48.6 Å². The van der Waals surface area contributed by atoms with Crippen molar-refractivity contribution < 1.29 is 14.3 Å². The molecule has 0 aromatic heterocycles. The Bertz CT molecular complexity index is 338. The predicted octanol–water partition coefficient (Wildman–Crippen LogP) is 0.929. The maximum absolute atomic E-state index is 12.0. The highest BCUT2D eigenvalue weighted by Crippen LogP contribution is 2.19. The molecule has 0 aliphatic carbocycles. The van der Waals surface area contributed by atoms with E-state index in [1.807, 2.05) is 0 Å². The minimum atomic E-state index is -0.303. The molecule has 0 radical (unpaired) electrons. The predicted molar refractivity (Wildman–Crippen MR) is 71.6 cm³/mol. The maximum atomic E-state index is 12.0. The van der Waals surface area contributed by atoms with E-state index in [0.29, 0.717) is 12.5 Å². The van der Waals surface area contributed by atoms with Gasteiger partial charge in [-0.3, -0.25) is 9.59 Å². The lowest BCUT2D eigenvalue weighted by Crippen LogP contribution is -2.59. The summed E-state index contributed by atoms with van der Waals surface area (Å²) in [5.41, 5.74) is 0. The zero-order chi connectivity index (χ0) is 13.8. The van der Waals surface area contributed by atoms with Gasteiger partial charge in [-0.05, 0) is 31.6 Å². The molecule has 2 amide bonds. The Labute approximate surface area is 114 Å². The van der Waals surface area contributed by atoms with E-state index in [9.17, 15) is 9.59 Å². The summed E-state index contributed by atoms with van der Waals surface area (Å²) >= 11 is 0. The molecule has 2 heterocycles. The highest BCUT2D eigenvalue weighted by Gasteiger charge is 2.34. The summed E-state index contributed by atoms with van der Waals surface area (Å²) in [5.74, 6) is 0.413. The van der Waals surface area contributed by atoms with Crippen molar-refractivity contribution in [3.05, 3.63) is 0 Å². The van der Waals surface area contributed by atoms with Crippen molar-refractivity contribution in [1.82, 2.24) is 10.2 Å². The Hall–Kier alpha value is -1.10. The first-order valence-electron chi connectivity index (χ1n) is 7.26. The lowest BCUT2D eigenvalue weighted by atomic mass is 9.99. The van der Waals surface area contributed by atoms with Gasteiger partial charge < -0.3 is 15.0 Å². The Morgan fingerprint density at radius 2 is 2.21 bits per heavy atom. The molecule has 1 N–H and O–H groups in total. The van der Waals surface area contributed by atoms with Crippen LogP contribution < -0.4 is 5.32 Å². The van der Waals surface area contributed by atoms with Crippen molar-refractivity contribution in [2.45, 2.75) is 51.7 Å². The maximum Gasteiger partial charge on any atom is 0.243 e. The average molecular weight is 268 g/mol. The Kier molecular flexibility index (Phi) is 4.80. The number of amides is 2. The molecule has 0 saturated carbocycles. The van der Waals surface area contributed by atoms with Gasteiger partial charge in [0.15, 0.2) is 0 Å². The first-order valence-corrected chi connectivity index (χ1v) is 7.26. The van der Waals surface area contributed by atoms with Crippen LogP contribution in [0.1, 0.15) is 39.5 Å². The summed E-state index contributed by atoms with van der Waals surface area (Å²) in [6, 6.07) is -0.303. The number of nitrogens with zero attached hydrogens (tertiary/aromatic N) is 1.